The van der Waals surface area contributed by atoms with E-state index in [1.54, 1.807) is 12.0 Å². The Balaban J connectivity index is 1.56. The molecule has 3 amide bonds. The number of fused-ring (bicyclic) bond motifs is 1. The third-order valence-electron chi connectivity index (χ3n) is 4.49. The van der Waals surface area contributed by atoms with Crippen molar-refractivity contribution in [3.8, 4) is 0 Å². The molecule has 1 aliphatic rings. The highest BCUT2D eigenvalue weighted by Gasteiger charge is 2.31. The number of methoxy groups -OCH3 is 1. The Bertz CT molecular complexity index is 744. The van der Waals surface area contributed by atoms with E-state index in [9.17, 15) is 9.59 Å². The highest BCUT2D eigenvalue weighted by atomic mass is 16.5. The highest BCUT2D eigenvalue weighted by molar-refractivity contribution is 5.93. The maximum absolute atomic E-state index is 12.7. The van der Waals surface area contributed by atoms with Crippen LogP contribution in [0.15, 0.2) is 48.7 Å². The molecule has 1 aromatic carbocycles. The first-order chi connectivity index (χ1) is 12.7. The summed E-state index contributed by atoms with van der Waals surface area (Å²) in [5, 5.41) is 5.71. The number of aromatic nitrogens is 1. The Hall–Kier alpha value is -2.80. The Morgan fingerprint density at radius 3 is 2.77 bits per heavy atom. The van der Waals surface area contributed by atoms with Crippen LogP contribution in [-0.4, -0.2) is 54.3 Å². The third-order valence-corrected chi connectivity index (χ3v) is 4.49. The van der Waals surface area contributed by atoms with Crippen LogP contribution in [0.2, 0.25) is 0 Å². The quantitative estimate of drug-likeness (QED) is 0.789. The van der Waals surface area contributed by atoms with Crippen molar-refractivity contribution in [2.24, 2.45) is 0 Å². The number of benzene rings is 1. The first-order valence-corrected chi connectivity index (χ1v) is 8.69. The van der Waals surface area contributed by atoms with Gasteiger partial charge in [-0.15, -0.1) is 0 Å². The minimum absolute atomic E-state index is 0.0326. The van der Waals surface area contributed by atoms with Crippen LogP contribution >= 0.6 is 0 Å². The molecule has 2 N–H and O–H groups in total. The average molecular weight is 356 g/mol. The van der Waals surface area contributed by atoms with Crippen molar-refractivity contribution >= 4 is 11.9 Å². The predicted molar refractivity (Wildman–Crippen MR) is 97.8 cm³/mol. The van der Waals surface area contributed by atoms with Gasteiger partial charge in [0.2, 0.25) is 0 Å². The lowest BCUT2D eigenvalue weighted by molar-refractivity contribution is 0.0513. The van der Waals surface area contributed by atoms with Gasteiger partial charge in [0, 0.05) is 39.5 Å². The minimum Gasteiger partial charge on any atom is -0.383 e. The van der Waals surface area contributed by atoms with Gasteiger partial charge in [0.25, 0.3) is 5.91 Å². The van der Waals surface area contributed by atoms with E-state index in [4.69, 9.17) is 4.74 Å². The smallest absolute Gasteiger partial charge is 0.315 e. The summed E-state index contributed by atoms with van der Waals surface area (Å²) in [6, 6.07) is 13.1. The molecule has 0 bridgehead atoms. The molecule has 1 aliphatic heterocycles. The number of rotatable bonds is 7. The molecule has 7 nitrogen and oxygen atoms in total. The molecule has 138 valence electrons. The van der Waals surface area contributed by atoms with E-state index in [1.165, 1.54) is 0 Å². The summed E-state index contributed by atoms with van der Waals surface area (Å²) in [6.45, 7) is 2.46. The standard InChI is InChI=1S/C19H24N4O3/c1-26-11-10-23-16(14-22-9-5-8-17(22)18(23)24)13-21-19(25)20-12-15-6-3-2-4-7-15/h2-9,16H,10-14H2,1H3,(H2,20,21,25). The van der Waals surface area contributed by atoms with E-state index in [1.807, 2.05) is 53.2 Å². The van der Waals surface area contributed by atoms with Crippen molar-refractivity contribution in [3.63, 3.8) is 0 Å². The van der Waals surface area contributed by atoms with Crippen LogP contribution < -0.4 is 10.6 Å². The largest absolute Gasteiger partial charge is 0.383 e. The molecular formula is C19H24N4O3. The summed E-state index contributed by atoms with van der Waals surface area (Å²) < 4.78 is 7.05. The first kappa shape index (κ1) is 18.0. The number of hydrogen-bond acceptors (Lipinski definition) is 3. The fourth-order valence-electron chi connectivity index (χ4n) is 3.11. The van der Waals surface area contributed by atoms with Crippen molar-refractivity contribution in [3.05, 3.63) is 59.9 Å². The molecule has 0 saturated heterocycles. The van der Waals surface area contributed by atoms with Crippen LogP contribution in [0.25, 0.3) is 0 Å². The van der Waals surface area contributed by atoms with Gasteiger partial charge >= 0.3 is 6.03 Å². The summed E-state index contributed by atoms with van der Waals surface area (Å²) in [5.74, 6) is -0.0326. The van der Waals surface area contributed by atoms with E-state index in [0.29, 0.717) is 38.5 Å². The average Bonchev–Trinajstić information content (AvgIpc) is 3.14. The van der Waals surface area contributed by atoms with Gasteiger partial charge in [0.15, 0.2) is 0 Å². The minimum atomic E-state index is -0.244. The van der Waals surface area contributed by atoms with E-state index >= 15 is 0 Å². The summed E-state index contributed by atoms with van der Waals surface area (Å²) in [6.07, 6.45) is 1.89. The number of nitrogens with one attached hydrogen (secondary N) is 2. The van der Waals surface area contributed by atoms with Gasteiger partial charge in [-0.2, -0.15) is 0 Å². The molecule has 0 aliphatic carbocycles. The van der Waals surface area contributed by atoms with Crippen LogP contribution in [0.4, 0.5) is 4.79 Å². The van der Waals surface area contributed by atoms with Crippen molar-refractivity contribution < 1.29 is 14.3 Å². The maximum atomic E-state index is 12.7. The fraction of sp³-hybridized carbons (Fsp3) is 0.368. The molecule has 7 heteroatoms. The molecule has 2 aromatic rings. The van der Waals surface area contributed by atoms with Gasteiger partial charge in [0.1, 0.15) is 5.69 Å². The molecule has 1 unspecified atom stereocenters. The molecule has 0 fully saturated rings. The number of nitrogens with zero attached hydrogens (tertiary/aromatic N) is 2. The Morgan fingerprint density at radius 1 is 1.19 bits per heavy atom. The molecule has 3 rings (SSSR count). The van der Waals surface area contributed by atoms with Crippen molar-refractivity contribution in [1.29, 1.82) is 0 Å². The molecular weight excluding hydrogens is 332 g/mol. The molecule has 1 atom stereocenters. The Morgan fingerprint density at radius 2 is 2.00 bits per heavy atom. The third kappa shape index (κ3) is 4.23. The monoisotopic (exact) mass is 356 g/mol. The van der Waals surface area contributed by atoms with Gasteiger partial charge < -0.3 is 24.8 Å². The fourth-order valence-corrected chi connectivity index (χ4v) is 3.11. The molecule has 1 aromatic heterocycles. The summed E-state index contributed by atoms with van der Waals surface area (Å²) >= 11 is 0. The zero-order valence-electron chi connectivity index (χ0n) is 14.9. The topological polar surface area (TPSA) is 75.6 Å². The maximum Gasteiger partial charge on any atom is 0.315 e. The Labute approximate surface area is 152 Å². The van der Waals surface area contributed by atoms with E-state index in [0.717, 1.165) is 5.56 Å². The van der Waals surface area contributed by atoms with Gasteiger partial charge in [-0.3, -0.25) is 4.79 Å². The van der Waals surface area contributed by atoms with Crippen LogP contribution in [0, 0.1) is 0 Å². The zero-order valence-corrected chi connectivity index (χ0v) is 14.9. The predicted octanol–water partition coefficient (Wildman–Crippen LogP) is 1.46. The Kier molecular flexibility index (Phi) is 5.91. The second kappa shape index (κ2) is 8.53. The van der Waals surface area contributed by atoms with E-state index in [2.05, 4.69) is 10.6 Å². The van der Waals surface area contributed by atoms with Gasteiger partial charge in [-0.1, -0.05) is 30.3 Å². The van der Waals surface area contributed by atoms with Gasteiger partial charge in [-0.25, -0.2) is 4.79 Å². The number of amides is 3. The number of carbonyl (C=O) groups is 2. The first-order valence-electron chi connectivity index (χ1n) is 8.69. The van der Waals surface area contributed by atoms with Crippen LogP contribution in [0.5, 0.6) is 0 Å². The number of ether oxygens (including phenoxy) is 1. The summed E-state index contributed by atoms with van der Waals surface area (Å²) in [5.41, 5.74) is 1.71. The molecule has 2 heterocycles. The lowest BCUT2D eigenvalue weighted by Crippen LogP contribution is -2.54. The molecule has 0 saturated carbocycles. The number of urea groups is 1. The lowest BCUT2D eigenvalue weighted by atomic mass is 10.1. The lowest BCUT2D eigenvalue weighted by Gasteiger charge is -2.36. The second-order valence-electron chi connectivity index (χ2n) is 6.24. The van der Waals surface area contributed by atoms with E-state index in [-0.39, 0.29) is 18.0 Å². The van der Waals surface area contributed by atoms with Gasteiger partial charge in [0.05, 0.1) is 12.6 Å². The van der Waals surface area contributed by atoms with Crippen molar-refractivity contribution in [1.82, 2.24) is 20.1 Å². The second-order valence-corrected chi connectivity index (χ2v) is 6.24. The molecule has 0 spiro atoms. The van der Waals surface area contributed by atoms with Gasteiger partial charge in [-0.05, 0) is 17.7 Å². The normalized spacial score (nSPS) is 16.3. The summed E-state index contributed by atoms with van der Waals surface area (Å²) in [4.78, 5) is 26.5. The number of hydrogen-bond donors (Lipinski definition) is 2. The number of carbonyl (C=O) groups excluding carboxylic acids is 2. The van der Waals surface area contributed by atoms with Crippen LogP contribution in [0.3, 0.4) is 0 Å². The van der Waals surface area contributed by atoms with Crippen molar-refractivity contribution in [2.45, 2.75) is 19.1 Å². The van der Waals surface area contributed by atoms with Crippen LogP contribution in [-0.2, 0) is 17.8 Å². The summed E-state index contributed by atoms with van der Waals surface area (Å²) in [7, 11) is 1.61. The highest BCUT2D eigenvalue weighted by Crippen LogP contribution is 2.17. The zero-order chi connectivity index (χ0) is 18.4. The van der Waals surface area contributed by atoms with E-state index < -0.39 is 0 Å². The van der Waals surface area contributed by atoms with Crippen molar-refractivity contribution in [2.75, 3.05) is 26.8 Å². The van der Waals surface area contributed by atoms with Crippen LogP contribution in [0.1, 0.15) is 16.1 Å². The SMILES string of the molecule is COCCN1C(=O)c2cccn2CC1CNC(=O)NCc1ccccc1. The molecule has 0 radical (unpaired) electrons. The molecule has 26 heavy (non-hydrogen) atoms.